The van der Waals surface area contributed by atoms with Crippen molar-refractivity contribution in [3.8, 4) is 5.75 Å². The zero-order valence-corrected chi connectivity index (χ0v) is 18.7. The van der Waals surface area contributed by atoms with Gasteiger partial charge in [0.05, 0.1) is 10.6 Å². The topological polar surface area (TPSA) is 84.5 Å². The third kappa shape index (κ3) is 5.99. The number of para-hydroxylation sites is 1. The van der Waals surface area contributed by atoms with Gasteiger partial charge >= 0.3 is 0 Å². The average molecular weight is 459 g/mol. The van der Waals surface area contributed by atoms with Gasteiger partial charge < -0.3 is 10.1 Å². The summed E-state index contributed by atoms with van der Waals surface area (Å²) in [6, 6.07) is 19.8. The number of amides is 1. The number of halogens is 1. The summed E-state index contributed by atoms with van der Waals surface area (Å²) in [5.41, 5.74) is 1.78. The molecule has 0 aliphatic heterocycles. The van der Waals surface area contributed by atoms with Gasteiger partial charge in [-0.05, 0) is 67.4 Å². The first-order valence-electron chi connectivity index (χ1n) is 9.70. The first kappa shape index (κ1) is 22.7. The summed E-state index contributed by atoms with van der Waals surface area (Å²) in [6.45, 7) is 3.77. The molecule has 3 aromatic rings. The van der Waals surface area contributed by atoms with Crippen LogP contribution in [0.15, 0.2) is 77.7 Å². The van der Waals surface area contributed by atoms with Crippen LogP contribution in [0.1, 0.15) is 18.9 Å². The molecule has 1 unspecified atom stereocenters. The van der Waals surface area contributed by atoms with Crippen LogP contribution in [0.4, 0.5) is 11.4 Å². The minimum absolute atomic E-state index is 0.0636. The number of carbonyl (C=O) groups is 1. The van der Waals surface area contributed by atoms with Crippen molar-refractivity contribution in [3.05, 3.63) is 83.4 Å². The quantitative estimate of drug-likeness (QED) is 0.483. The minimum atomic E-state index is -3.79. The van der Waals surface area contributed by atoms with Gasteiger partial charge in [0.25, 0.3) is 15.9 Å². The van der Waals surface area contributed by atoms with Gasteiger partial charge in [0.15, 0.2) is 6.10 Å². The predicted octanol–water partition coefficient (Wildman–Crippen LogP) is 5.25. The molecule has 1 amide bonds. The molecule has 0 bridgehead atoms. The van der Waals surface area contributed by atoms with Gasteiger partial charge in [0.2, 0.25) is 0 Å². The Morgan fingerprint density at radius 2 is 1.71 bits per heavy atom. The molecule has 3 rings (SSSR count). The Kier molecular flexibility index (Phi) is 7.20. The molecular weight excluding hydrogens is 436 g/mol. The Morgan fingerprint density at radius 3 is 2.35 bits per heavy atom. The van der Waals surface area contributed by atoms with E-state index < -0.39 is 16.1 Å². The highest BCUT2D eigenvalue weighted by Gasteiger charge is 2.20. The van der Waals surface area contributed by atoms with Crippen LogP contribution >= 0.6 is 11.6 Å². The number of aryl methyl sites for hydroxylation is 1. The van der Waals surface area contributed by atoms with Crippen LogP contribution in [0.2, 0.25) is 5.02 Å². The van der Waals surface area contributed by atoms with Crippen LogP contribution < -0.4 is 14.8 Å². The molecule has 162 valence electrons. The van der Waals surface area contributed by atoms with Crippen LogP contribution in [0.3, 0.4) is 0 Å². The van der Waals surface area contributed by atoms with Crippen LogP contribution in [-0.2, 0) is 14.8 Å². The number of ether oxygens (including phenoxy) is 1. The molecule has 0 heterocycles. The molecule has 0 saturated heterocycles. The maximum Gasteiger partial charge on any atom is 0.265 e. The molecule has 1 atom stereocenters. The Labute approximate surface area is 187 Å². The summed E-state index contributed by atoms with van der Waals surface area (Å²) in [5.74, 6) is 0.344. The lowest BCUT2D eigenvalue weighted by Crippen LogP contribution is -2.32. The van der Waals surface area contributed by atoms with Crippen LogP contribution in [0.5, 0.6) is 5.75 Å². The molecule has 0 aromatic heterocycles. The molecule has 0 spiro atoms. The van der Waals surface area contributed by atoms with E-state index in [-0.39, 0.29) is 10.8 Å². The van der Waals surface area contributed by atoms with Crippen LogP contribution in [0, 0.1) is 6.92 Å². The fourth-order valence-corrected chi connectivity index (χ4v) is 4.11. The fourth-order valence-electron chi connectivity index (χ4n) is 2.87. The highest BCUT2D eigenvalue weighted by molar-refractivity contribution is 7.92. The van der Waals surface area contributed by atoms with E-state index >= 15 is 0 Å². The second-order valence-corrected chi connectivity index (χ2v) is 9.03. The largest absolute Gasteiger partial charge is 0.480 e. The predicted molar refractivity (Wildman–Crippen MR) is 123 cm³/mol. The fraction of sp³-hybridized carbons (Fsp3) is 0.174. The Balaban J connectivity index is 1.67. The zero-order chi connectivity index (χ0) is 22.4. The van der Waals surface area contributed by atoms with Crippen molar-refractivity contribution >= 4 is 38.9 Å². The maximum absolute atomic E-state index is 12.6. The summed E-state index contributed by atoms with van der Waals surface area (Å²) in [5, 5.41) is 3.20. The van der Waals surface area contributed by atoms with E-state index in [1.165, 1.54) is 30.3 Å². The van der Waals surface area contributed by atoms with Crippen molar-refractivity contribution in [1.82, 2.24) is 0 Å². The Hall–Kier alpha value is -3.03. The molecule has 0 aliphatic carbocycles. The lowest BCUT2D eigenvalue weighted by Gasteiger charge is -2.18. The summed E-state index contributed by atoms with van der Waals surface area (Å²) in [6.07, 6.45) is -0.190. The number of benzene rings is 3. The highest BCUT2D eigenvalue weighted by Crippen LogP contribution is 2.22. The number of nitrogens with one attached hydrogen (secondary N) is 2. The van der Waals surface area contributed by atoms with Crippen molar-refractivity contribution in [2.45, 2.75) is 31.3 Å². The summed E-state index contributed by atoms with van der Waals surface area (Å²) in [7, 11) is -3.79. The lowest BCUT2D eigenvalue weighted by atomic mass is 10.2. The molecule has 0 fully saturated rings. The molecular formula is C23H23ClN2O4S. The number of carbonyl (C=O) groups excluding carboxylic acids is 1. The van der Waals surface area contributed by atoms with Gasteiger partial charge in [0, 0.05) is 10.7 Å². The molecule has 0 saturated carbocycles. The first-order valence-corrected chi connectivity index (χ1v) is 11.6. The van der Waals surface area contributed by atoms with E-state index in [2.05, 4.69) is 10.0 Å². The van der Waals surface area contributed by atoms with Crippen molar-refractivity contribution in [1.29, 1.82) is 0 Å². The molecule has 2 N–H and O–H groups in total. The Morgan fingerprint density at radius 1 is 1.00 bits per heavy atom. The summed E-state index contributed by atoms with van der Waals surface area (Å²) in [4.78, 5) is 12.7. The summed E-state index contributed by atoms with van der Waals surface area (Å²) < 4.78 is 33.5. The monoisotopic (exact) mass is 458 g/mol. The number of hydrogen-bond acceptors (Lipinski definition) is 4. The van der Waals surface area contributed by atoms with Crippen molar-refractivity contribution in [2.24, 2.45) is 0 Å². The van der Waals surface area contributed by atoms with Crippen molar-refractivity contribution in [3.63, 3.8) is 0 Å². The molecule has 0 radical (unpaired) electrons. The molecule has 6 nitrogen and oxygen atoms in total. The highest BCUT2D eigenvalue weighted by atomic mass is 35.5. The zero-order valence-electron chi connectivity index (χ0n) is 17.1. The average Bonchev–Trinajstić information content (AvgIpc) is 2.73. The van der Waals surface area contributed by atoms with Gasteiger partial charge in [-0.3, -0.25) is 9.52 Å². The SMILES string of the molecule is CCC(Oc1ccccc1C)C(=O)Nc1ccc(S(=O)(=O)Nc2cccc(Cl)c2)cc1. The molecule has 31 heavy (non-hydrogen) atoms. The molecule has 3 aromatic carbocycles. The molecule has 0 aliphatic rings. The second kappa shape index (κ2) is 9.85. The first-order chi connectivity index (χ1) is 14.8. The van der Waals surface area contributed by atoms with Crippen molar-refractivity contribution < 1.29 is 17.9 Å². The smallest absolute Gasteiger partial charge is 0.265 e. The third-order valence-corrected chi connectivity index (χ3v) is 6.17. The van der Waals surface area contributed by atoms with Gasteiger partial charge in [-0.2, -0.15) is 0 Å². The van der Waals surface area contributed by atoms with E-state index in [1.807, 2.05) is 38.1 Å². The van der Waals surface area contributed by atoms with Crippen molar-refractivity contribution in [2.75, 3.05) is 10.0 Å². The van der Waals surface area contributed by atoms with Crippen LogP contribution in [-0.4, -0.2) is 20.4 Å². The normalized spacial score (nSPS) is 12.1. The number of anilines is 2. The third-order valence-electron chi connectivity index (χ3n) is 4.54. The minimum Gasteiger partial charge on any atom is -0.480 e. The number of hydrogen-bond donors (Lipinski definition) is 2. The standard InChI is InChI=1S/C23H23ClN2O4S/c1-3-21(30-22-10-5-4-7-16(22)2)23(27)25-18-11-13-20(14-12-18)31(28,29)26-19-9-6-8-17(24)15-19/h4-15,21,26H,3H2,1-2H3,(H,25,27). The van der Waals surface area contributed by atoms with Gasteiger partial charge in [-0.25, -0.2) is 8.42 Å². The van der Waals surface area contributed by atoms with Crippen LogP contribution in [0.25, 0.3) is 0 Å². The van der Waals surface area contributed by atoms with E-state index in [0.717, 1.165) is 5.56 Å². The lowest BCUT2D eigenvalue weighted by molar-refractivity contribution is -0.122. The number of sulfonamides is 1. The molecule has 8 heteroatoms. The number of rotatable bonds is 8. The second-order valence-electron chi connectivity index (χ2n) is 6.91. The maximum atomic E-state index is 12.6. The van der Waals surface area contributed by atoms with E-state index in [4.69, 9.17) is 16.3 Å². The Bertz CT molecular complexity index is 1160. The van der Waals surface area contributed by atoms with Gasteiger partial charge in [-0.1, -0.05) is 42.8 Å². The summed E-state index contributed by atoms with van der Waals surface area (Å²) >= 11 is 5.90. The van der Waals surface area contributed by atoms with Gasteiger partial charge in [0.1, 0.15) is 5.75 Å². The van der Waals surface area contributed by atoms with E-state index in [0.29, 0.717) is 28.6 Å². The van der Waals surface area contributed by atoms with E-state index in [1.54, 1.807) is 18.2 Å². The van der Waals surface area contributed by atoms with E-state index in [9.17, 15) is 13.2 Å². The van der Waals surface area contributed by atoms with Gasteiger partial charge in [-0.15, -0.1) is 0 Å².